The van der Waals surface area contributed by atoms with Crippen molar-refractivity contribution in [3.8, 4) is 0 Å². The lowest BCUT2D eigenvalue weighted by Crippen LogP contribution is -1.91. The number of aromatic nitrogens is 2. The Labute approximate surface area is 82.3 Å². The average Bonchev–Trinajstić information content (AvgIpc) is 2.34. The van der Waals surface area contributed by atoms with E-state index in [1.165, 1.54) is 0 Å². The summed E-state index contributed by atoms with van der Waals surface area (Å²) in [6, 6.07) is 5.69. The molecule has 0 spiro atoms. The molecule has 0 atom stereocenters. The van der Waals surface area contributed by atoms with Gasteiger partial charge < -0.3 is 0 Å². The molecule has 2 aromatic heterocycles. The van der Waals surface area contributed by atoms with Crippen molar-refractivity contribution in [2.75, 3.05) is 0 Å². The molecule has 0 saturated heterocycles. The maximum absolute atomic E-state index is 5.83. The topological polar surface area (TPSA) is 17.3 Å². The van der Waals surface area contributed by atoms with Gasteiger partial charge in [-0.15, -0.1) is 0 Å². The fraction of sp³-hybridized carbons (Fsp3) is 0. The fourth-order valence-electron chi connectivity index (χ4n) is 0.959. The fourth-order valence-corrected chi connectivity index (χ4v) is 2.10. The molecule has 0 unspecified atom stereocenters. The van der Waals surface area contributed by atoms with Crippen LogP contribution < -0.4 is 0 Å². The van der Waals surface area contributed by atoms with E-state index in [1.54, 1.807) is 6.20 Å². The van der Waals surface area contributed by atoms with Crippen molar-refractivity contribution in [3.63, 3.8) is 0 Å². The molecule has 0 aliphatic rings. The molecule has 0 aliphatic heterocycles. The largest absolute Gasteiger partial charge is 0.227 e. The van der Waals surface area contributed by atoms with E-state index in [1.807, 2.05) is 22.7 Å². The van der Waals surface area contributed by atoms with Crippen LogP contribution in [0.15, 0.2) is 24.4 Å². The molecule has 0 aliphatic carbocycles. The molecule has 2 aromatic rings. The minimum absolute atomic E-state index is 0.752. The van der Waals surface area contributed by atoms with Gasteiger partial charge in [-0.2, -0.15) is 5.10 Å². The van der Waals surface area contributed by atoms with E-state index < -0.39 is 0 Å². The Morgan fingerprint density at radius 3 is 3.09 bits per heavy atom. The molecule has 0 N–H and O–H groups in total. The SMILES string of the molecule is Clc1cc(I)n2nccc2c1. The molecular formula is C7H4ClIN2. The minimum Gasteiger partial charge on any atom is -0.227 e. The second-order valence-corrected chi connectivity index (χ2v) is 3.71. The summed E-state index contributed by atoms with van der Waals surface area (Å²) in [7, 11) is 0. The zero-order valence-electron chi connectivity index (χ0n) is 5.46. The Morgan fingerprint density at radius 1 is 1.45 bits per heavy atom. The lowest BCUT2D eigenvalue weighted by molar-refractivity contribution is 0.933. The molecule has 0 fully saturated rings. The maximum atomic E-state index is 5.83. The number of pyridine rings is 1. The Kier molecular flexibility index (Phi) is 1.77. The number of halogens is 2. The normalized spacial score (nSPS) is 10.7. The van der Waals surface area contributed by atoms with Gasteiger partial charge in [0.15, 0.2) is 0 Å². The number of rotatable bonds is 0. The van der Waals surface area contributed by atoms with Gasteiger partial charge >= 0.3 is 0 Å². The molecule has 0 bridgehead atoms. The van der Waals surface area contributed by atoms with Gasteiger partial charge in [0.1, 0.15) is 3.70 Å². The van der Waals surface area contributed by atoms with E-state index in [2.05, 4.69) is 27.7 Å². The average molecular weight is 278 g/mol. The van der Waals surface area contributed by atoms with Crippen LogP contribution in [0.5, 0.6) is 0 Å². The van der Waals surface area contributed by atoms with Crippen LogP contribution in [0.3, 0.4) is 0 Å². The zero-order valence-corrected chi connectivity index (χ0v) is 8.37. The van der Waals surface area contributed by atoms with E-state index in [0.717, 1.165) is 14.2 Å². The lowest BCUT2D eigenvalue weighted by Gasteiger charge is -1.96. The van der Waals surface area contributed by atoms with Gasteiger partial charge in [0.2, 0.25) is 0 Å². The first-order valence-corrected chi connectivity index (χ1v) is 4.52. The van der Waals surface area contributed by atoms with E-state index in [4.69, 9.17) is 11.6 Å². The molecule has 0 amide bonds. The first-order chi connectivity index (χ1) is 5.27. The van der Waals surface area contributed by atoms with Crippen molar-refractivity contribution >= 4 is 39.7 Å². The van der Waals surface area contributed by atoms with E-state index in [9.17, 15) is 0 Å². The molecule has 11 heavy (non-hydrogen) atoms. The Hall–Kier alpha value is -0.290. The molecule has 0 saturated carbocycles. The summed E-state index contributed by atoms with van der Waals surface area (Å²) < 4.78 is 2.86. The summed E-state index contributed by atoms with van der Waals surface area (Å²) >= 11 is 8.03. The van der Waals surface area contributed by atoms with Gasteiger partial charge in [-0.25, -0.2) is 4.52 Å². The molecule has 0 radical (unpaired) electrons. The van der Waals surface area contributed by atoms with Crippen LogP contribution in [0.1, 0.15) is 0 Å². The van der Waals surface area contributed by atoms with Gasteiger partial charge in [-0.1, -0.05) is 11.6 Å². The molecule has 2 rings (SSSR count). The first kappa shape index (κ1) is 7.36. The quantitative estimate of drug-likeness (QED) is 0.535. The van der Waals surface area contributed by atoms with Crippen LogP contribution in [0.4, 0.5) is 0 Å². The van der Waals surface area contributed by atoms with Crippen LogP contribution in [0, 0.1) is 3.70 Å². The molecule has 4 heteroatoms. The van der Waals surface area contributed by atoms with Gasteiger partial charge in [0, 0.05) is 5.02 Å². The van der Waals surface area contributed by atoms with Crippen LogP contribution in [0.2, 0.25) is 5.02 Å². The van der Waals surface area contributed by atoms with Gasteiger partial charge in [-0.05, 0) is 40.8 Å². The van der Waals surface area contributed by atoms with Crippen molar-refractivity contribution in [3.05, 3.63) is 33.1 Å². The Bertz CT molecular complexity index is 396. The molecule has 56 valence electrons. The van der Waals surface area contributed by atoms with Crippen molar-refractivity contribution in [2.24, 2.45) is 0 Å². The van der Waals surface area contributed by atoms with Gasteiger partial charge in [-0.3, -0.25) is 0 Å². The Balaban J connectivity index is 2.91. The summed E-state index contributed by atoms with van der Waals surface area (Å²) in [4.78, 5) is 0. The summed E-state index contributed by atoms with van der Waals surface area (Å²) in [5.41, 5.74) is 1.03. The summed E-state index contributed by atoms with van der Waals surface area (Å²) in [6.45, 7) is 0. The maximum Gasteiger partial charge on any atom is 0.105 e. The number of hydrogen-bond acceptors (Lipinski definition) is 1. The molecule has 0 aromatic carbocycles. The Morgan fingerprint density at radius 2 is 2.27 bits per heavy atom. The predicted molar refractivity (Wildman–Crippen MR) is 52.9 cm³/mol. The standard InChI is InChI=1S/C7H4ClIN2/c8-5-3-6-1-2-10-11(6)7(9)4-5/h1-4H. The van der Waals surface area contributed by atoms with Crippen molar-refractivity contribution in [1.82, 2.24) is 9.61 Å². The minimum atomic E-state index is 0.752. The zero-order chi connectivity index (χ0) is 7.84. The number of nitrogens with zero attached hydrogens (tertiary/aromatic N) is 2. The van der Waals surface area contributed by atoms with Crippen LogP contribution in [0.25, 0.3) is 5.52 Å². The highest BCUT2D eigenvalue weighted by molar-refractivity contribution is 14.1. The number of hydrogen-bond donors (Lipinski definition) is 0. The molecular weight excluding hydrogens is 274 g/mol. The van der Waals surface area contributed by atoms with Crippen LogP contribution in [-0.4, -0.2) is 9.61 Å². The first-order valence-electron chi connectivity index (χ1n) is 3.06. The number of fused-ring (bicyclic) bond motifs is 1. The second kappa shape index (κ2) is 2.64. The van der Waals surface area contributed by atoms with Crippen LogP contribution in [-0.2, 0) is 0 Å². The summed E-state index contributed by atoms with van der Waals surface area (Å²) in [6.07, 6.45) is 1.76. The van der Waals surface area contributed by atoms with E-state index >= 15 is 0 Å². The molecule has 2 nitrogen and oxygen atoms in total. The molecule has 2 heterocycles. The van der Waals surface area contributed by atoms with E-state index in [-0.39, 0.29) is 0 Å². The third kappa shape index (κ3) is 1.22. The highest BCUT2D eigenvalue weighted by Crippen LogP contribution is 2.16. The third-order valence-corrected chi connectivity index (χ3v) is 2.40. The smallest absolute Gasteiger partial charge is 0.105 e. The second-order valence-electron chi connectivity index (χ2n) is 2.16. The van der Waals surface area contributed by atoms with Crippen molar-refractivity contribution in [2.45, 2.75) is 0 Å². The predicted octanol–water partition coefficient (Wildman–Crippen LogP) is 2.59. The van der Waals surface area contributed by atoms with Gasteiger partial charge in [0.05, 0.1) is 11.7 Å². The van der Waals surface area contributed by atoms with Gasteiger partial charge in [0.25, 0.3) is 0 Å². The van der Waals surface area contributed by atoms with E-state index in [0.29, 0.717) is 0 Å². The highest BCUT2D eigenvalue weighted by atomic mass is 127. The van der Waals surface area contributed by atoms with Crippen molar-refractivity contribution < 1.29 is 0 Å². The van der Waals surface area contributed by atoms with Crippen molar-refractivity contribution in [1.29, 1.82) is 0 Å². The highest BCUT2D eigenvalue weighted by Gasteiger charge is 1.98. The summed E-state index contributed by atoms with van der Waals surface area (Å²) in [5.74, 6) is 0. The summed E-state index contributed by atoms with van der Waals surface area (Å²) in [5, 5.41) is 4.86. The third-order valence-electron chi connectivity index (χ3n) is 1.42. The monoisotopic (exact) mass is 278 g/mol. The lowest BCUT2D eigenvalue weighted by atomic mass is 10.4. The van der Waals surface area contributed by atoms with Crippen LogP contribution >= 0.6 is 34.2 Å².